The second-order valence-electron chi connectivity index (χ2n) is 4.33. The summed E-state index contributed by atoms with van der Waals surface area (Å²) in [6.45, 7) is 6.38. The highest BCUT2D eigenvalue weighted by molar-refractivity contribution is 5.80. The van der Waals surface area contributed by atoms with Crippen molar-refractivity contribution in [1.82, 2.24) is 4.90 Å². The van der Waals surface area contributed by atoms with Gasteiger partial charge in [0.25, 0.3) is 0 Å². The first kappa shape index (κ1) is 12.1. The monoisotopic (exact) mass is 209 g/mol. The molecule has 3 nitrogen and oxygen atoms in total. The van der Waals surface area contributed by atoms with E-state index in [1.54, 1.807) is 11.9 Å². The Labute approximate surface area is 91.8 Å². The predicted octanol–water partition coefficient (Wildman–Crippen LogP) is 1.14. The molecule has 0 aromatic carbocycles. The van der Waals surface area contributed by atoms with Gasteiger partial charge in [0.15, 0.2) is 0 Å². The molecule has 0 aliphatic carbocycles. The molecule has 1 saturated heterocycles. The van der Waals surface area contributed by atoms with Crippen molar-refractivity contribution in [2.24, 2.45) is 11.8 Å². The molecule has 0 radical (unpaired) electrons. The molecule has 15 heavy (non-hydrogen) atoms. The van der Waals surface area contributed by atoms with E-state index in [-0.39, 0.29) is 30.0 Å². The van der Waals surface area contributed by atoms with Crippen molar-refractivity contribution in [1.29, 1.82) is 0 Å². The van der Waals surface area contributed by atoms with Crippen LogP contribution in [-0.2, 0) is 9.53 Å². The topological polar surface area (TPSA) is 29.5 Å². The van der Waals surface area contributed by atoms with Crippen LogP contribution in [-0.4, -0.2) is 36.6 Å². The smallest absolute Gasteiger partial charge is 0.229 e. The maximum atomic E-state index is 12.1. The Bertz CT molecular complexity index is 282. The van der Waals surface area contributed by atoms with Crippen LogP contribution in [0, 0.1) is 24.2 Å². The number of terminal acetylenes is 1. The van der Waals surface area contributed by atoms with Gasteiger partial charge in [-0.1, -0.05) is 12.8 Å². The van der Waals surface area contributed by atoms with Crippen molar-refractivity contribution in [3.05, 3.63) is 0 Å². The molecule has 1 rings (SSSR count). The third kappa shape index (κ3) is 2.32. The fraction of sp³-hybridized carbons (Fsp3) is 0.750. The minimum Gasteiger partial charge on any atom is -0.374 e. The highest BCUT2D eigenvalue weighted by Crippen LogP contribution is 2.33. The molecule has 0 saturated carbocycles. The van der Waals surface area contributed by atoms with E-state index in [2.05, 4.69) is 12.8 Å². The molecule has 84 valence electrons. The summed E-state index contributed by atoms with van der Waals surface area (Å²) in [7, 11) is 1.74. The third-order valence-electron chi connectivity index (χ3n) is 3.23. The number of amides is 1. The van der Waals surface area contributed by atoms with Crippen LogP contribution < -0.4 is 0 Å². The molecule has 0 bridgehead atoms. The number of nitrogens with zero attached hydrogens (tertiary/aromatic N) is 1. The summed E-state index contributed by atoms with van der Waals surface area (Å²) in [5, 5.41) is 0. The van der Waals surface area contributed by atoms with E-state index in [1.165, 1.54) is 0 Å². The van der Waals surface area contributed by atoms with Crippen LogP contribution in [0.5, 0.6) is 0 Å². The molecule has 1 aliphatic heterocycles. The Morgan fingerprint density at radius 3 is 2.40 bits per heavy atom. The maximum Gasteiger partial charge on any atom is 0.229 e. The second kappa shape index (κ2) is 4.67. The van der Waals surface area contributed by atoms with Gasteiger partial charge in [-0.2, -0.15) is 0 Å². The number of carbonyl (C=O) groups is 1. The van der Waals surface area contributed by atoms with Crippen LogP contribution in [0.2, 0.25) is 0 Å². The Kier molecular flexibility index (Phi) is 3.76. The van der Waals surface area contributed by atoms with Crippen LogP contribution in [0.1, 0.15) is 20.8 Å². The van der Waals surface area contributed by atoms with E-state index in [9.17, 15) is 4.79 Å². The van der Waals surface area contributed by atoms with Gasteiger partial charge < -0.3 is 9.64 Å². The minimum absolute atomic E-state index is 0.0114. The second-order valence-corrected chi connectivity index (χ2v) is 4.33. The fourth-order valence-electron chi connectivity index (χ4n) is 2.16. The third-order valence-corrected chi connectivity index (χ3v) is 3.23. The molecular formula is C12H19NO2. The summed E-state index contributed by atoms with van der Waals surface area (Å²) in [4.78, 5) is 13.6. The molecule has 1 amide bonds. The van der Waals surface area contributed by atoms with Gasteiger partial charge >= 0.3 is 0 Å². The van der Waals surface area contributed by atoms with Crippen molar-refractivity contribution in [3.63, 3.8) is 0 Å². The zero-order valence-electron chi connectivity index (χ0n) is 9.86. The zero-order valence-corrected chi connectivity index (χ0v) is 9.86. The van der Waals surface area contributed by atoms with Gasteiger partial charge in [-0.15, -0.1) is 6.42 Å². The largest absolute Gasteiger partial charge is 0.374 e. The summed E-state index contributed by atoms with van der Waals surface area (Å²) in [6.07, 6.45) is 5.32. The Hall–Kier alpha value is -1.01. The highest BCUT2D eigenvalue weighted by Gasteiger charge is 2.42. The molecule has 4 unspecified atom stereocenters. The first-order chi connectivity index (χ1) is 6.99. The summed E-state index contributed by atoms with van der Waals surface area (Å²) in [5.74, 6) is 2.77. The van der Waals surface area contributed by atoms with E-state index < -0.39 is 0 Å². The molecule has 0 spiro atoms. The lowest BCUT2D eigenvalue weighted by atomic mass is 9.88. The summed E-state index contributed by atoms with van der Waals surface area (Å²) in [5.41, 5.74) is 0. The fourth-order valence-corrected chi connectivity index (χ4v) is 2.16. The standard InChI is InChI=1S/C12H19NO2/c1-6-7-13(5)12(14)11-8(2)9(3)15-10(11)4/h1,8-11H,7H2,2-5H3. The van der Waals surface area contributed by atoms with Crippen LogP contribution in [0.15, 0.2) is 0 Å². The zero-order chi connectivity index (χ0) is 11.6. The summed E-state index contributed by atoms with van der Waals surface area (Å²) in [6, 6.07) is 0. The molecule has 4 atom stereocenters. The Balaban J connectivity index is 2.71. The van der Waals surface area contributed by atoms with Gasteiger partial charge in [0.2, 0.25) is 5.91 Å². The van der Waals surface area contributed by atoms with E-state index in [0.29, 0.717) is 6.54 Å². The highest BCUT2D eigenvalue weighted by atomic mass is 16.5. The summed E-state index contributed by atoms with van der Waals surface area (Å²) < 4.78 is 5.64. The number of carbonyl (C=O) groups excluding carboxylic acids is 1. The average molecular weight is 209 g/mol. The maximum absolute atomic E-state index is 12.1. The lowest BCUT2D eigenvalue weighted by molar-refractivity contribution is -0.135. The minimum atomic E-state index is -0.0571. The molecular weight excluding hydrogens is 190 g/mol. The molecule has 1 fully saturated rings. The molecule has 0 aromatic rings. The van der Waals surface area contributed by atoms with E-state index in [1.807, 2.05) is 13.8 Å². The van der Waals surface area contributed by atoms with E-state index in [4.69, 9.17) is 11.2 Å². The van der Waals surface area contributed by atoms with Crippen LogP contribution >= 0.6 is 0 Å². The predicted molar refractivity (Wildman–Crippen MR) is 59.1 cm³/mol. The SMILES string of the molecule is C#CCN(C)C(=O)C1C(C)OC(C)C1C. The molecule has 0 N–H and O–H groups in total. The van der Waals surface area contributed by atoms with Crippen LogP contribution in [0.4, 0.5) is 0 Å². The molecule has 1 aliphatic rings. The van der Waals surface area contributed by atoms with E-state index >= 15 is 0 Å². The lowest BCUT2D eigenvalue weighted by Gasteiger charge is -2.23. The Morgan fingerprint density at radius 1 is 1.40 bits per heavy atom. The number of rotatable bonds is 2. The first-order valence-corrected chi connectivity index (χ1v) is 5.33. The van der Waals surface area contributed by atoms with Gasteiger partial charge in [-0.05, 0) is 19.8 Å². The van der Waals surface area contributed by atoms with Crippen molar-refractivity contribution in [2.75, 3.05) is 13.6 Å². The average Bonchev–Trinajstić information content (AvgIpc) is 2.41. The van der Waals surface area contributed by atoms with Crippen molar-refractivity contribution >= 4 is 5.91 Å². The van der Waals surface area contributed by atoms with Gasteiger partial charge in [0.05, 0.1) is 24.7 Å². The van der Waals surface area contributed by atoms with Crippen LogP contribution in [0.25, 0.3) is 0 Å². The molecule has 1 heterocycles. The summed E-state index contributed by atoms with van der Waals surface area (Å²) >= 11 is 0. The molecule has 0 aromatic heterocycles. The van der Waals surface area contributed by atoms with Crippen molar-refractivity contribution in [2.45, 2.75) is 33.0 Å². The van der Waals surface area contributed by atoms with Gasteiger partial charge in [-0.25, -0.2) is 0 Å². The van der Waals surface area contributed by atoms with Crippen LogP contribution in [0.3, 0.4) is 0 Å². The normalized spacial score (nSPS) is 34.9. The number of hydrogen-bond acceptors (Lipinski definition) is 2. The number of ether oxygens (including phenoxy) is 1. The van der Waals surface area contributed by atoms with Gasteiger partial charge in [-0.3, -0.25) is 4.79 Å². The first-order valence-electron chi connectivity index (χ1n) is 5.33. The molecule has 3 heteroatoms. The van der Waals surface area contributed by atoms with E-state index in [0.717, 1.165) is 0 Å². The van der Waals surface area contributed by atoms with Gasteiger partial charge in [0, 0.05) is 7.05 Å². The number of hydrogen-bond donors (Lipinski definition) is 0. The van der Waals surface area contributed by atoms with Crippen molar-refractivity contribution < 1.29 is 9.53 Å². The lowest BCUT2D eigenvalue weighted by Crippen LogP contribution is -2.38. The van der Waals surface area contributed by atoms with Gasteiger partial charge in [0.1, 0.15) is 0 Å². The Morgan fingerprint density at radius 2 is 2.00 bits per heavy atom. The quantitative estimate of drug-likeness (QED) is 0.638. The van der Waals surface area contributed by atoms with Crippen molar-refractivity contribution in [3.8, 4) is 12.3 Å².